The number of carbonyl (C=O) groups is 1. The van der Waals surface area contributed by atoms with Gasteiger partial charge in [0.15, 0.2) is 0 Å². The highest BCUT2D eigenvalue weighted by Gasteiger charge is 2.40. The van der Waals surface area contributed by atoms with Gasteiger partial charge < -0.3 is 10.6 Å². The van der Waals surface area contributed by atoms with Crippen LogP contribution < -0.4 is 10.6 Å². The van der Waals surface area contributed by atoms with Crippen molar-refractivity contribution in [2.45, 2.75) is 45.2 Å². The Hall–Kier alpha value is -0.830. The molecule has 3 unspecified atom stereocenters. The van der Waals surface area contributed by atoms with E-state index in [-0.39, 0.29) is 11.4 Å². The smallest absolute Gasteiger partial charge is 0.234 e. The summed E-state index contributed by atoms with van der Waals surface area (Å²) >= 11 is 0. The lowest BCUT2D eigenvalue weighted by atomic mass is 9.71. The molecule has 1 fully saturated rings. The van der Waals surface area contributed by atoms with Gasteiger partial charge in [-0.1, -0.05) is 12.2 Å². The number of allylic oxidation sites excluding steroid dienone is 1. The second kappa shape index (κ2) is 4.21. The van der Waals surface area contributed by atoms with Crippen LogP contribution in [0, 0.1) is 11.8 Å². The third kappa shape index (κ3) is 2.64. The molecule has 0 aliphatic heterocycles. The fourth-order valence-corrected chi connectivity index (χ4v) is 2.63. The van der Waals surface area contributed by atoms with Crippen LogP contribution in [-0.4, -0.2) is 24.0 Å². The molecule has 1 saturated carbocycles. The molecule has 2 N–H and O–H groups in total. The van der Waals surface area contributed by atoms with E-state index in [9.17, 15) is 4.79 Å². The van der Waals surface area contributed by atoms with Gasteiger partial charge in [0, 0.05) is 11.6 Å². The topological polar surface area (TPSA) is 41.1 Å². The summed E-state index contributed by atoms with van der Waals surface area (Å²) in [6.07, 6.45) is 7.03. The highest BCUT2D eigenvalue weighted by atomic mass is 16.2. The number of fused-ring (bicyclic) bond motifs is 1. The zero-order valence-corrected chi connectivity index (χ0v) is 10.4. The van der Waals surface area contributed by atoms with E-state index < -0.39 is 0 Å². The first-order chi connectivity index (χ1) is 7.46. The largest absolute Gasteiger partial charge is 0.350 e. The van der Waals surface area contributed by atoms with E-state index in [1.54, 1.807) is 0 Å². The Morgan fingerprint density at radius 2 is 2.19 bits per heavy atom. The maximum Gasteiger partial charge on any atom is 0.234 e. The second-order valence-electron chi connectivity index (χ2n) is 6.02. The van der Waals surface area contributed by atoms with E-state index in [0.717, 1.165) is 5.92 Å². The predicted octanol–water partition coefficient (Wildman–Crippen LogP) is 1.46. The van der Waals surface area contributed by atoms with Crippen LogP contribution >= 0.6 is 0 Å². The number of amides is 1. The maximum absolute atomic E-state index is 11.6. The van der Waals surface area contributed by atoms with E-state index in [1.807, 2.05) is 20.8 Å². The van der Waals surface area contributed by atoms with Gasteiger partial charge in [-0.3, -0.25) is 4.79 Å². The summed E-state index contributed by atoms with van der Waals surface area (Å²) in [5.74, 6) is 1.63. The first kappa shape index (κ1) is 11.6. The molecule has 1 amide bonds. The van der Waals surface area contributed by atoms with Gasteiger partial charge in [0.05, 0.1) is 6.54 Å². The van der Waals surface area contributed by atoms with E-state index in [1.165, 1.54) is 12.8 Å². The predicted molar refractivity (Wildman–Crippen MR) is 65.0 cm³/mol. The zero-order chi connectivity index (χ0) is 11.8. The fourth-order valence-electron chi connectivity index (χ4n) is 2.63. The molecule has 3 nitrogen and oxygen atoms in total. The summed E-state index contributed by atoms with van der Waals surface area (Å²) in [6, 6.07) is 0.523. The van der Waals surface area contributed by atoms with Crippen molar-refractivity contribution in [1.29, 1.82) is 0 Å². The maximum atomic E-state index is 11.6. The van der Waals surface area contributed by atoms with Crippen molar-refractivity contribution < 1.29 is 4.79 Å². The molecule has 0 heterocycles. The van der Waals surface area contributed by atoms with Crippen molar-refractivity contribution in [3.05, 3.63) is 12.2 Å². The summed E-state index contributed by atoms with van der Waals surface area (Å²) in [5, 5.41) is 6.31. The lowest BCUT2D eigenvalue weighted by Crippen LogP contribution is -2.52. The third-order valence-corrected chi connectivity index (χ3v) is 3.40. The van der Waals surface area contributed by atoms with Crippen LogP contribution in [-0.2, 0) is 4.79 Å². The van der Waals surface area contributed by atoms with Gasteiger partial charge in [-0.15, -0.1) is 0 Å². The summed E-state index contributed by atoms with van der Waals surface area (Å²) < 4.78 is 0. The lowest BCUT2D eigenvalue weighted by Gasteiger charge is -2.40. The van der Waals surface area contributed by atoms with Gasteiger partial charge >= 0.3 is 0 Å². The van der Waals surface area contributed by atoms with Crippen LogP contribution in [0.4, 0.5) is 0 Å². The zero-order valence-electron chi connectivity index (χ0n) is 10.4. The number of nitrogens with one attached hydrogen (secondary N) is 2. The van der Waals surface area contributed by atoms with Gasteiger partial charge in [0.2, 0.25) is 5.91 Å². The Kier molecular flexibility index (Phi) is 3.06. The Morgan fingerprint density at radius 1 is 1.44 bits per heavy atom. The van der Waals surface area contributed by atoms with Gasteiger partial charge in [-0.2, -0.15) is 0 Å². The molecule has 3 atom stereocenters. The minimum Gasteiger partial charge on any atom is -0.350 e. The molecule has 2 rings (SSSR count). The minimum absolute atomic E-state index is 0.0953. The van der Waals surface area contributed by atoms with E-state index >= 15 is 0 Å². The van der Waals surface area contributed by atoms with Crippen LogP contribution in [0.25, 0.3) is 0 Å². The Labute approximate surface area is 97.7 Å². The average Bonchev–Trinajstić information content (AvgIpc) is 2.44. The standard InChI is InChI=1S/C13H22N2O/c1-13(2,3)15-12(16)8-14-11-7-9-5-4-6-10(9)11/h4,6,9-11,14H,5,7-8H2,1-3H3,(H,15,16). The minimum atomic E-state index is -0.131. The Morgan fingerprint density at radius 3 is 2.81 bits per heavy atom. The molecule has 2 aliphatic carbocycles. The first-order valence-electron chi connectivity index (χ1n) is 6.17. The van der Waals surface area contributed by atoms with Crippen LogP contribution in [0.1, 0.15) is 33.6 Å². The van der Waals surface area contributed by atoms with Crippen molar-refractivity contribution >= 4 is 5.91 Å². The van der Waals surface area contributed by atoms with E-state index in [0.29, 0.717) is 18.5 Å². The monoisotopic (exact) mass is 222 g/mol. The molecule has 2 aliphatic rings. The van der Waals surface area contributed by atoms with Crippen molar-refractivity contribution in [3.63, 3.8) is 0 Å². The quantitative estimate of drug-likeness (QED) is 0.710. The van der Waals surface area contributed by atoms with Crippen LogP contribution in [0.5, 0.6) is 0 Å². The number of rotatable bonds is 3. The molecule has 90 valence electrons. The van der Waals surface area contributed by atoms with E-state index in [4.69, 9.17) is 0 Å². The van der Waals surface area contributed by atoms with Gasteiger partial charge in [-0.05, 0) is 45.4 Å². The number of hydrogen-bond acceptors (Lipinski definition) is 2. The molecular formula is C13H22N2O. The van der Waals surface area contributed by atoms with Crippen molar-refractivity contribution in [2.24, 2.45) is 11.8 Å². The Balaban J connectivity index is 1.68. The summed E-state index contributed by atoms with van der Waals surface area (Å²) in [5.41, 5.74) is -0.131. The van der Waals surface area contributed by atoms with Crippen molar-refractivity contribution in [1.82, 2.24) is 10.6 Å². The van der Waals surface area contributed by atoms with Crippen LogP contribution in [0.2, 0.25) is 0 Å². The number of hydrogen-bond donors (Lipinski definition) is 2. The average molecular weight is 222 g/mol. The molecular weight excluding hydrogens is 200 g/mol. The number of carbonyl (C=O) groups excluding carboxylic acids is 1. The molecule has 0 aromatic carbocycles. The highest BCUT2D eigenvalue weighted by molar-refractivity contribution is 5.78. The SMILES string of the molecule is CC(C)(C)NC(=O)CNC1CC2CC=CC21. The fraction of sp³-hybridized carbons (Fsp3) is 0.769. The van der Waals surface area contributed by atoms with Crippen LogP contribution in [0.15, 0.2) is 12.2 Å². The molecule has 0 aromatic rings. The second-order valence-corrected chi connectivity index (χ2v) is 6.02. The van der Waals surface area contributed by atoms with Crippen LogP contribution in [0.3, 0.4) is 0 Å². The molecule has 0 spiro atoms. The first-order valence-corrected chi connectivity index (χ1v) is 6.17. The molecule has 0 saturated heterocycles. The lowest BCUT2D eigenvalue weighted by molar-refractivity contribution is -0.122. The molecule has 0 aromatic heterocycles. The highest BCUT2D eigenvalue weighted by Crippen LogP contribution is 2.42. The summed E-state index contributed by atoms with van der Waals surface area (Å²) in [7, 11) is 0. The van der Waals surface area contributed by atoms with Crippen molar-refractivity contribution in [2.75, 3.05) is 6.54 Å². The summed E-state index contributed by atoms with van der Waals surface area (Å²) in [6.45, 7) is 6.46. The normalized spacial score (nSPS) is 32.1. The molecule has 3 heteroatoms. The Bertz CT molecular complexity index is 304. The summed E-state index contributed by atoms with van der Waals surface area (Å²) in [4.78, 5) is 11.6. The molecule has 16 heavy (non-hydrogen) atoms. The third-order valence-electron chi connectivity index (χ3n) is 3.40. The van der Waals surface area contributed by atoms with Crippen molar-refractivity contribution in [3.8, 4) is 0 Å². The van der Waals surface area contributed by atoms with Gasteiger partial charge in [-0.25, -0.2) is 0 Å². The van der Waals surface area contributed by atoms with Gasteiger partial charge in [0.25, 0.3) is 0 Å². The molecule has 0 radical (unpaired) electrons. The van der Waals surface area contributed by atoms with E-state index in [2.05, 4.69) is 22.8 Å². The molecule has 0 bridgehead atoms. The van der Waals surface area contributed by atoms with Gasteiger partial charge in [0.1, 0.15) is 0 Å².